The Labute approximate surface area is 71.4 Å². The maximum Gasteiger partial charge on any atom is 0.347 e. The Morgan fingerprint density at radius 3 is 2.33 bits per heavy atom. The predicted octanol–water partition coefficient (Wildman–Crippen LogP) is -0.340. The highest BCUT2D eigenvalue weighted by molar-refractivity contribution is 5.82. The molecule has 0 saturated carbocycles. The van der Waals surface area contributed by atoms with Gasteiger partial charge in [-0.1, -0.05) is 6.92 Å². The Kier molecular flexibility index (Phi) is 4.28. The van der Waals surface area contributed by atoms with Crippen molar-refractivity contribution in [3.63, 3.8) is 0 Å². The normalized spacial score (nSPS) is 12.0. The van der Waals surface area contributed by atoms with Crippen LogP contribution in [0.5, 0.6) is 0 Å². The fourth-order valence-corrected chi connectivity index (χ4v) is 0.897. The van der Waals surface area contributed by atoms with Gasteiger partial charge in [-0.25, -0.2) is 4.79 Å². The van der Waals surface area contributed by atoms with Crippen molar-refractivity contribution in [2.45, 2.75) is 26.3 Å². The van der Waals surface area contributed by atoms with E-state index < -0.39 is 12.0 Å². The van der Waals surface area contributed by atoms with Crippen LogP contribution < -0.4 is 5.90 Å². The topological polar surface area (TPSA) is 72.6 Å². The number of hydrogen-bond acceptors (Lipinski definition) is 4. The van der Waals surface area contributed by atoms with Crippen molar-refractivity contribution >= 4 is 11.9 Å². The van der Waals surface area contributed by atoms with Gasteiger partial charge in [-0.15, -0.1) is 0 Å². The van der Waals surface area contributed by atoms with Crippen molar-refractivity contribution in [2.75, 3.05) is 7.05 Å². The lowest BCUT2D eigenvalue weighted by atomic mass is 10.2. The summed E-state index contributed by atoms with van der Waals surface area (Å²) >= 11 is 0. The first-order valence-corrected chi connectivity index (χ1v) is 3.68. The standard InChI is InChI=1S/C7H14N2O3/c1-4-6(7(11)12-8)9(3)5(2)10/h6H,4,8H2,1-3H3. The molecular weight excluding hydrogens is 160 g/mol. The summed E-state index contributed by atoms with van der Waals surface area (Å²) < 4.78 is 0. The van der Waals surface area contributed by atoms with Gasteiger partial charge in [0.15, 0.2) is 0 Å². The smallest absolute Gasteiger partial charge is 0.347 e. The maximum absolute atomic E-state index is 10.9. The van der Waals surface area contributed by atoms with Gasteiger partial charge in [-0.05, 0) is 6.42 Å². The van der Waals surface area contributed by atoms with E-state index >= 15 is 0 Å². The Balaban J connectivity index is 4.33. The third-order valence-corrected chi connectivity index (χ3v) is 1.74. The fraction of sp³-hybridized carbons (Fsp3) is 0.714. The number of nitrogens with zero attached hydrogens (tertiary/aromatic N) is 1. The zero-order valence-corrected chi connectivity index (χ0v) is 7.53. The molecule has 0 aliphatic rings. The average molecular weight is 174 g/mol. The predicted molar refractivity (Wildman–Crippen MR) is 42.8 cm³/mol. The number of carbonyl (C=O) groups is 2. The lowest BCUT2D eigenvalue weighted by molar-refractivity contribution is -0.154. The van der Waals surface area contributed by atoms with Gasteiger partial charge in [0.1, 0.15) is 6.04 Å². The van der Waals surface area contributed by atoms with E-state index in [2.05, 4.69) is 4.84 Å². The molecule has 0 fully saturated rings. The summed E-state index contributed by atoms with van der Waals surface area (Å²) in [5.74, 6) is 3.92. The molecule has 0 aliphatic heterocycles. The summed E-state index contributed by atoms with van der Waals surface area (Å²) in [6.45, 7) is 3.16. The average Bonchev–Trinajstić information content (AvgIpc) is 2.05. The lowest BCUT2D eigenvalue weighted by Crippen LogP contribution is -2.42. The molecule has 0 heterocycles. The molecule has 1 atom stereocenters. The summed E-state index contributed by atoms with van der Waals surface area (Å²) in [5.41, 5.74) is 0. The van der Waals surface area contributed by atoms with Gasteiger partial charge in [0.05, 0.1) is 0 Å². The van der Waals surface area contributed by atoms with Crippen molar-refractivity contribution in [3.05, 3.63) is 0 Å². The van der Waals surface area contributed by atoms with Crippen LogP contribution >= 0.6 is 0 Å². The number of amides is 1. The highest BCUT2D eigenvalue weighted by Gasteiger charge is 2.23. The van der Waals surface area contributed by atoms with Crippen molar-refractivity contribution in [2.24, 2.45) is 5.90 Å². The maximum atomic E-state index is 10.9. The monoisotopic (exact) mass is 174 g/mol. The number of rotatable bonds is 3. The lowest BCUT2D eigenvalue weighted by Gasteiger charge is -2.22. The molecule has 1 unspecified atom stereocenters. The minimum atomic E-state index is -0.588. The Hall–Kier alpha value is -1.10. The number of hydrogen-bond donors (Lipinski definition) is 1. The van der Waals surface area contributed by atoms with Gasteiger partial charge in [-0.3, -0.25) is 4.79 Å². The molecule has 5 nitrogen and oxygen atoms in total. The van der Waals surface area contributed by atoms with Crippen LogP contribution in [-0.4, -0.2) is 29.9 Å². The van der Waals surface area contributed by atoms with Crippen LogP contribution in [0.1, 0.15) is 20.3 Å². The van der Waals surface area contributed by atoms with E-state index in [-0.39, 0.29) is 5.91 Å². The van der Waals surface area contributed by atoms with Crippen LogP contribution in [0.4, 0.5) is 0 Å². The number of nitrogens with two attached hydrogens (primary N) is 1. The van der Waals surface area contributed by atoms with Crippen molar-refractivity contribution < 1.29 is 14.4 Å². The number of carbonyl (C=O) groups excluding carboxylic acids is 2. The summed E-state index contributed by atoms with van der Waals surface area (Å²) in [7, 11) is 1.54. The van der Waals surface area contributed by atoms with Gasteiger partial charge in [0, 0.05) is 14.0 Å². The van der Waals surface area contributed by atoms with E-state index in [0.29, 0.717) is 6.42 Å². The molecule has 70 valence electrons. The molecule has 5 heteroatoms. The third-order valence-electron chi connectivity index (χ3n) is 1.74. The molecular formula is C7H14N2O3. The minimum Gasteiger partial charge on any atom is -0.372 e. The molecule has 12 heavy (non-hydrogen) atoms. The summed E-state index contributed by atoms with van der Waals surface area (Å²) in [6.07, 6.45) is 0.492. The first-order valence-electron chi connectivity index (χ1n) is 3.68. The van der Waals surface area contributed by atoms with Gasteiger partial charge >= 0.3 is 5.97 Å². The van der Waals surface area contributed by atoms with Crippen LogP contribution in [0.25, 0.3) is 0 Å². The van der Waals surface area contributed by atoms with E-state index in [1.54, 1.807) is 6.92 Å². The highest BCUT2D eigenvalue weighted by atomic mass is 16.7. The summed E-state index contributed by atoms with van der Waals surface area (Å²) in [4.78, 5) is 27.1. The fourth-order valence-electron chi connectivity index (χ4n) is 0.897. The second-order valence-electron chi connectivity index (χ2n) is 2.49. The molecule has 1 amide bonds. The Bertz CT molecular complexity index is 181. The number of likely N-dealkylation sites (N-methyl/N-ethyl adjacent to an activating group) is 1. The van der Waals surface area contributed by atoms with Crippen LogP contribution in [-0.2, 0) is 14.4 Å². The second kappa shape index (κ2) is 4.71. The Morgan fingerprint density at radius 2 is 2.08 bits per heavy atom. The van der Waals surface area contributed by atoms with Gasteiger partial charge in [0.2, 0.25) is 5.91 Å². The summed E-state index contributed by atoms with van der Waals surface area (Å²) in [6, 6.07) is -0.576. The van der Waals surface area contributed by atoms with Gasteiger partial charge < -0.3 is 9.74 Å². The molecule has 0 aromatic rings. The van der Waals surface area contributed by atoms with E-state index in [1.807, 2.05) is 0 Å². The molecule has 0 rings (SSSR count). The molecule has 0 saturated heterocycles. The second-order valence-corrected chi connectivity index (χ2v) is 2.49. The first-order chi connectivity index (χ1) is 5.54. The minimum absolute atomic E-state index is 0.188. The van der Waals surface area contributed by atoms with Gasteiger partial charge in [-0.2, -0.15) is 5.90 Å². The van der Waals surface area contributed by atoms with Crippen molar-refractivity contribution in [1.82, 2.24) is 4.90 Å². The van der Waals surface area contributed by atoms with Crippen molar-refractivity contribution in [3.8, 4) is 0 Å². The van der Waals surface area contributed by atoms with E-state index in [4.69, 9.17) is 5.90 Å². The zero-order valence-electron chi connectivity index (χ0n) is 7.53. The zero-order chi connectivity index (χ0) is 9.72. The highest BCUT2D eigenvalue weighted by Crippen LogP contribution is 2.02. The first kappa shape index (κ1) is 10.9. The SMILES string of the molecule is CCC(C(=O)ON)N(C)C(C)=O. The third kappa shape index (κ3) is 2.50. The van der Waals surface area contributed by atoms with E-state index in [9.17, 15) is 9.59 Å². The van der Waals surface area contributed by atoms with Crippen LogP contribution in [0, 0.1) is 0 Å². The van der Waals surface area contributed by atoms with Crippen LogP contribution in [0.2, 0.25) is 0 Å². The molecule has 0 aromatic heterocycles. The van der Waals surface area contributed by atoms with Gasteiger partial charge in [0.25, 0.3) is 0 Å². The largest absolute Gasteiger partial charge is 0.372 e. The molecule has 0 aliphatic carbocycles. The van der Waals surface area contributed by atoms with Crippen LogP contribution in [0.15, 0.2) is 0 Å². The van der Waals surface area contributed by atoms with E-state index in [1.165, 1.54) is 18.9 Å². The molecule has 2 N–H and O–H groups in total. The Morgan fingerprint density at radius 1 is 1.58 bits per heavy atom. The van der Waals surface area contributed by atoms with Crippen molar-refractivity contribution in [1.29, 1.82) is 0 Å². The molecule has 0 spiro atoms. The molecule has 0 bridgehead atoms. The quantitative estimate of drug-likeness (QED) is 0.594. The molecule has 0 aromatic carbocycles. The summed E-state index contributed by atoms with van der Waals surface area (Å²) in [5, 5.41) is 0. The van der Waals surface area contributed by atoms with E-state index in [0.717, 1.165) is 0 Å². The van der Waals surface area contributed by atoms with Crippen LogP contribution in [0.3, 0.4) is 0 Å². The molecule has 0 radical (unpaired) electrons.